The summed E-state index contributed by atoms with van der Waals surface area (Å²) in [5.41, 5.74) is 2.41. The fourth-order valence-electron chi connectivity index (χ4n) is 3.33. The van der Waals surface area contributed by atoms with Crippen molar-refractivity contribution in [1.82, 2.24) is 0 Å². The van der Waals surface area contributed by atoms with Gasteiger partial charge in [0.25, 0.3) is 0 Å². The highest BCUT2D eigenvalue weighted by molar-refractivity contribution is 5.47. The van der Waals surface area contributed by atoms with Crippen molar-refractivity contribution >= 4 is 0 Å². The first-order chi connectivity index (χ1) is 9.82. The Balaban J connectivity index is 1.77. The van der Waals surface area contributed by atoms with Crippen molar-refractivity contribution in [2.45, 2.75) is 24.9 Å². The van der Waals surface area contributed by atoms with Crippen LogP contribution in [-0.2, 0) is 12.0 Å². The second-order valence-corrected chi connectivity index (χ2v) is 5.78. The molecule has 0 spiro atoms. The smallest absolute Gasteiger partial charge is 0.141 e. The van der Waals surface area contributed by atoms with Gasteiger partial charge in [0.05, 0.1) is 7.11 Å². The Hall–Kier alpha value is -1.96. The SMILES string of the molecule is COc1ccc2c(c1)CC(c1ccccc1)(C1CC1)O2. The molecule has 1 fully saturated rings. The summed E-state index contributed by atoms with van der Waals surface area (Å²) >= 11 is 0. The van der Waals surface area contributed by atoms with Crippen LogP contribution >= 0.6 is 0 Å². The normalized spacial score (nSPS) is 24.1. The van der Waals surface area contributed by atoms with Crippen molar-refractivity contribution in [1.29, 1.82) is 0 Å². The van der Waals surface area contributed by atoms with Crippen molar-refractivity contribution < 1.29 is 9.47 Å². The van der Waals surface area contributed by atoms with E-state index in [1.54, 1.807) is 7.11 Å². The van der Waals surface area contributed by atoms with Gasteiger partial charge in [0.15, 0.2) is 0 Å². The lowest BCUT2D eigenvalue weighted by atomic mass is 9.85. The Kier molecular flexibility index (Phi) is 2.53. The molecule has 0 bridgehead atoms. The van der Waals surface area contributed by atoms with E-state index in [9.17, 15) is 0 Å². The van der Waals surface area contributed by atoms with Crippen LogP contribution in [0.1, 0.15) is 24.0 Å². The number of fused-ring (bicyclic) bond motifs is 1. The van der Waals surface area contributed by atoms with Gasteiger partial charge in [-0.05, 0) is 36.6 Å². The molecule has 1 atom stereocenters. The summed E-state index contributed by atoms with van der Waals surface area (Å²) < 4.78 is 11.8. The fourth-order valence-corrected chi connectivity index (χ4v) is 3.33. The highest BCUT2D eigenvalue weighted by atomic mass is 16.5. The number of hydrogen-bond acceptors (Lipinski definition) is 2. The van der Waals surface area contributed by atoms with Gasteiger partial charge in [0.2, 0.25) is 0 Å². The zero-order valence-electron chi connectivity index (χ0n) is 11.6. The van der Waals surface area contributed by atoms with Crippen molar-refractivity contribution in [3.05, 3.63) is 59.7 Å². The molecule has 2 heteroatoms. The molecule has 2 aliphatic rings. The van der Waals surface area contributed by atoms with E-state index in [2.05, 4.69) is 36.4 Å². The number of methoxy groups -OCH3 is 1. The van der Waals surface area contributed by atoms with Crippen molar-refractivity contribution in [3.63, 3.8) is 0 Å². The second kappa shape index (κ2) is 4.27. The van der Waals surface area contributed by atoms with Crippen LogP contribution in [0.4, 0.5) is 0 Å². The molecule has 0 amide bonds. The molecule has 2 aromatic carbocycles. The van der Waals surface area contributed by atoms with E-state index >= 15 is 0 Å². The van der Waals surface area contributed by atoms with Gasteiger partial charge in [-0.2, -0.15) is 0 Å². The average molecular weight is 266 g/mol. The lowest BCUT2D eigenvalue weighted by Gasteiger charge is -2.29. The van der Waals surface area contributed by atoms with Gasteiger partial charge >= 0.3 is 0 Å². The maximum Gasteiger partial charge on any atom is 0.141 e. The molecule has 0 N–H and O–H groups in total. The monoisotopic (exact) mass is 266 g/mol. The summed E-state index contributed by atoms with van der Waals surface area (Å²) in [6, 6.07) is 16.8. The molecule has 20 heavy (non-hydrogen) atoms. The Morgan fingerprint density at radius 3 is 2.60 bits per heavy atom. The molecule has 102 valence electrons. The molecule has 2 nitrogen and oxygen atoms in total. The molecule has 1 heterocycles. The molecule has 1 aliphatic carbocycles. The summed E-state index contributed by atoms with van der Waals surface area (Å²) in [7, 11) is 1.71. The topological polar surface area (TPSA) is 18.5 Å². The molecule has 1 unspecified atom stereocenters. The molecule has 2 aromatic rings. The number of ether oxygens (including phenoxy) is 2. The minimum Gasteiger partial charge on any atom is -0.497 e. The van der Waals surface area contributed by atoms with E-state index in [0.717, 1.165) is 17.9 Å². The first-order valence-electron chi connectivity index (χ1n) is 7.23. The lowest BCUT2D eigenvalue weighted by molar-refractivity contribution is 0.0673. The summed E-state index contributed by atoms with van der Waals surface area (Å²) in [6.45, 7) is 0. The third-order valence-corrected chi connectivity index (χ3v) is 4.51. The Morgan fingerprint density at radius 1 is 1.10 bits per heavy atom. The van der Waals surface area contributed by atoms with Crippen molar-refractivity contribution in [2.24, 2.45) is 5.92 Å². The molecule has 0 radical (unpaired) electrons. The Morgan fingerprint density at radius 2 is 1.90 bits per heavy atom. The van der Waals surface area contributed by atoms with Crippen LogP contribution in [0.3, 0.4) is 0 Å². The van der Waals surface area contributed by atoms with Gasteiger partial charge in [-0.1, -0.05) is 30.3 Å². The first-order valence-corrected chi connectivity index (χ1v) is 7.23. The molecule has 0 aromatic heterocycles. The second-order valence-electron chi connectivity index (χ2n) is 5.78. The van der Waals surface area contributed by atoms with Gasteiger partial charge in [-0.3, -0.25) is 0 Å². The van der Waals surface area contributed by atoms with E-state index in [-0.39, 0.29) is 5.60 Å². The van der Waals surface area contributed by atoms with Crippen LogP contribution in [0.2, 0.25) is 0 Å². The Labute approximate surface area is 119 Å². The predicted molar refractivity (Wildman–Crippen MR) is 78.2 cm³/mol. The maximum absolute atomic E-state index is 6.45. The zero-order chi connectivity index (χ0) is 13.6. The quantitative estimate of drug-likeness (QED) is 0.838. The molecule has 0 saturated heterocycles. The predicted octanol–water partition coefficient (Wildman–Crippen LogP) is 3.94. The van der Waals surface area contributed by atoms with E-state index in [1.165, 1.54) is 24.0 Å². The van der Waals surface area contributed by atoms with E-state index < -0.39 is 0 Å². The van der Waals surface area contributed by atoms with Crippen LogP contribution in [0.15, 0.2) is 48.5 Å². The summed E-state index contributed by atoms with van der Waals surface area (Å²) in [6.07, 6.45) is 3.48. The first kappa shape index (κ1) is 11.8. The van der Waals surface area contributed by atoms with E-state index in [4.69, 9.17) is 9.47 Å². The summed E-state index contributed by atoms with van der Waals surface area (Å²) in [5, 5.41) is 0. The average Bonchev–Trinajstić information content (AvgIpc) is 3.28. The maximum atomic E-state index is 6.45. The van der Waals surface area contributed by atoms with Crippen LogP contribution in [-0.4, -0.2) is 7.11 Å². The van der Waals surface area contributed by atoms with E-state index in [0.29, 0.717) is 5.92 Å². The van der Waals surface area contributed by atoms with Gasteiger partial charge < -0.3 is 9.47 Å². The minimum absolute atomic E-state index is 0.157. The lowest BCUT2D eigenvalue weighted by Crippen LogP contribution is -2.33. The minimum atomic E-state index is -0.157. The van der Waals surface area contributed by atoms with Crippen LogP contribution in [0.5, 0.6) is 11.5 Å². The molecule has 1 aliphatic heterocycles. The largest absolute Gasteiger partial charge is 0.497 e. The molecule has 1 saturated carbocycles. The highest BCUT2D eigenvalue weighted by Crippen LogP contribution is 2.54. The number of hydrogen-bond donors (Lipinski definition) is 0. The van der Waals surface area contributed by atoms with Gasteiger partial charge in [-0.25, -0.2) is 0 Å². The third kappa shape index (κ3) is 1.71. The van der Waals surface area contributed by atoms with Gasteiger partial charge in [0.1, 0.15) is 17.1 Å². The van der Waals surface area contributed by atoms with Crippen LogP contribution < -0.4 is 9.47 Å². The number of benzene rings is 2. The highest BCUT2D eigenvalue weighted by Gasteiger charge is 2.52. The van der Waals surface area contributed by atoms with Gasteiger partial charge in [-0.15, -0.1) is 0 Å². The van der Waals surface area contributed by atoms with E-state index in [1.807, 2.05) is 12.1 Å². The molecular weight excluding hydrogens is 248 g/mol. The zero-order valence-corrected chi connectivity index (χ0v) is 11.6. The summed E-state index contributed by atoms with van der Waals surface area (Å²) in [5.74, 6) is 2.57. The van der Waals surface area contributed by atoms with Crippen molar-refractivity contribution in [2.75, 3.05) is 7.11 Å². The fraction of sp³-hybridized carbons (Fsp3) is 0.333. The van der Waals surface area contributed by atoms with Crippen molar-refractivity contribution in [3.8, 4) is 11.5 Å². The third-order valence-electron chi connectivity index (χ3n) is 4.51. The Bertz CT molecular complexity index is 631. The molecular formula is C18H18O2. The standard InChI is InChI=1S/C18H18O2/c1-19-16-9-10-17-13(11-16)12-18(20-17,15-7-8-15)14-5-3-2-4-6-14/h2-6,9-11,15H,7-8,12H2,1H3. The number of rotatable bonds is 3. The van der Waals surface area contributed by atoms with Crippen LogP contribution in [0.25, 0.3) is 0 Å². The van der Waals surface area contributed by atoms with Gasteiger partial charge in [0, 0.05) is 17.9 Å². The van der Waals surface area contributed by atoms with Crippen LogP contribution in [0, 0.1) is 5.92 Å². The molecule has 4 rings (SSSR count). The summed E-state index contributed by atoms with van der Waals surface area (Å²) in [4.78, 5) is 0.